The Morgan fingerprint density at radius 1 is 1.14 bits per heavy atom. The monoisotopic (exact) mass is 292 g/mol. The van der Waals surface area contributed by atoms with Crippen molar-refractivity contribution in [1.29, 1.82) is 0 Å². The van der Waals surface area contributed by atoms with Gasteiger partial charge in [-0.3, -0.25) is 4.90 Å². The molecule has 1 aromatic carbocycles. The second kappa shape index (κ2) is 7.23. The Morgan fingerprint density at radius 3 is 2.76 bits per heavy atom. The van der Waals surface area contributed by atoms with Crippen molar-refractivity contribution in [2.75, 3.05) is 26.2 Å². The highest BCUT2D eigenvalue weighted by atomic mass is 19.1. The fourth-order valence-electron chi connectivity index (χ4n) is 3.60. The molecule has 2 heterocycles. The summed E-state index contributed by atoms with van der Waals surface area (Å²) >= 11 is 0. The van der Waals surface area contributed by atoms with Crippen molar-refractivity contribution in [2.45, 2.75) is 44.2 Å². The number of halogens is 1. The maximum Gasteiger partial charge on any atom is 0.123 e. The van der Waals surface area contributed by atoms with E-state index in [1.54, 1.807) is 12.1 Å². The van der Waals surface area contributed by atoms with Gasteiger partial charge in [0.15, 0.2) is 0 Å². The highest BCUT2D eigenvalue weighted by molar-refractivity contribution is 5.21. The minimum atomic E-state index is -0.217. The minimum Gasteiger partial charge on any atom is -0.492 e. The lowest BCUT2D eigenvalue weighted by Gasteiger charge is -2.39. The van der Waals surface area contributed by atoms with Crippen LogP contribution in [0.2, 0.25) is 0 Å². The van der Waals surface area contributed by atoms with E-state index >= 15 is 0 Å². The zero-order chi connectivity index (χ0) is 14.5. The first-order valence-electron chi connectivity index (χ1n) is 8.19. The van der Waals surface area contributed by atoms with Crippen LogP contribution < -0.4 is 10.1 Å². The van der Waals surface area contributed by atoms with Gasteiger partial charge in [0.05, 0.1) is 0 Å². The molecular formula is C17H25FN2O. The third-order valence-corrected chi connectivity index (χ3v) is 4.69. The fourth-order valence-corrected chi connectivity index (χ4v) is 3.60. The number of nitrogens with one attached hydrogen (secondary N) is 1. The molecular weight excluding hydrogens is 267 g/mol. The Labute approximate surface area is 126 Å². The summed E-state index contributed by atoms with van der Waals surface area (Å²) in [5.41, 5.74) is 0. The van der Waals surface area contributed by atoms with Crippen LogP contribution in [-0.2, 0) is 0 Å². The first kappa shape index (κ1) is 14.8. The molecule has 2 atom stereocenters. The van der Waals surface area contributed by atoms with E-state index in [9.17, 15) is 4.39 Å². The normalized spacial score (nSPS) is 26.9. The largest absolute Gasteiger partial charge is 0.492 e. The van der Waals surface area contributed by atoms with Gasteiger partial charge >= 0.3 is 0 Å². The molecule has 2 aliphatic heterocycles. The van der Waals surface area contributed by atoms with Gasteiger partial charge < -0.3 is 10.1 Å². The molecule has 0 aromatic heterocycles. The van der Waals surface area contributed by atoms with Crippen LogP contribution in [-0.4, -0.2) is 43.2 Å². The Morgan fingerprint density at radius 2 is 2.00 bits per heavy atom. The zero-order valence-corrected chi connectivity index (χ0v) is 12.6. The van der Waals surface area contributed by atoms with Crippen molar-refractivity contribution in [3.8, 4) is 5.75 Å². The molecule has 116 valence electrons. The van der Waals surface area contributed by atoms with Crippen molar-refractivity contribution >= 4 is 0 Å². The lowest BCUT2D eigenvalue weighted by Crippen LogP contribution is -2.51. The molecule has 2 fully saturated rings. The van der Waals surface area contributed by atoms with Gasteiger partial charge in [0.2, 0.25) is 0 Å². The Hall–Kier alpha value is -1.13. The van der Waals surface area contributed by atoms with Crippen LogP contribution in [0.15, 0.2) is 24.3 Å². The highest BCUT2D eigenvalue weighted by Gasteiger charge is 2.31. The first-order valence-corrected chi connectivity index (χ1v) is 8.19. The molecule has 2 saturated heterocycles. The number of hydrogen-bond acceptors (Lipinski definition) is 3. The molecule has 0 bridgehead atoms. The summed E-state index contributed by atoms with van der Waals surface area (Å²) in [7, 11) is 0. The summed E-state index contributed by atoms with van der Waals surface area (Å²) < 4.78 is 18.6. The van der Waals surface area contributed by atoms with E-state index in [1.807, 2.05) is 0 Å². The topological polar surface area (TPSA) is 24.5 Å². The maximum atomic E-state index is 12.9. The minimum absolute atomic E-state index is 0.217. The van der Waals surface area contributed by atoms with Crippen molar-refractivity contribution < 1.29 is 9.13 Å². The number of ether oxygens (including phenoxy) is 1. The summed E-state index contributed by atoms with van der Waals surface area (Å²) in [4.78, 5) is 2.58. The standard InChI is InChI=1S/C17H25FN2O/c18-14-6-8-15(9-7-14)21-13-12-20-11-2-1-5-17(20)16-4-3-10-19-16/h6-9,16-17,19H,1-5,10-13H2. The maximum absolute atomic E-state index is 12.9. The molecule has 3 nitrogen and oxygen atoms in total. The van der Waals surface area contributed by atoms with Gasteiger partial charge in [-0.2, -0.15) is 0 Å². The summed E-state index contributed by atoms with van der Waals surface area (Å²) in [5, 5.41) is 3.65. The fraction of sp³-hybridized carbons (Fsp3) is 0.647. The van der Waals surface area contributed by atoms with E-state index < -0.39 is 0 Å². The molecule has 1 N–H and O–H groups in total. The van der Waals surface area contributed by atoms with Crippen molar-refractivity contribution in [1.82, 2.24) is 10.2 Å². The van der Waals surface area contributed by atoms with Crippen LogP contribution in [0.3, 0.4) is 0 Å². The van der Waals surface area contributed by atoms with Crippen LogP contribution in [0.1, 0.15) is 32.1 Å². The zero-order valence-electron chi connectivity index (χ0n) is 12.6. The van der Waals surface area contributed by atoms with Crippen molar-refractivity contribution in [3.63, 3.8) is 0 Å². The van der Waals surface area contributed by atoms with E-state index in [4.69, 9.17) is 4.74 Å². The Balaban J connectivity index is 1.49. The van der Waals surface area contributed by atoms with Gasteiger partial charge in [0.1, 0.15) is 18.2 Å². The highest BCUT2D eigenvalue weighted by Crippen LogP contribution is 2.24. The van der Waals surface area contributed by atoms with E-state index in [2.05, 4.69) is 10.2 Å². The molecule has 4 heteroatoms. The number of likely N-dealkylation sites (tertiary alicyclic amines) is 1. The van der Waals surface area contributed by atoms with Crippen LogP contribution in [0.5, 0.6) is 5.75 Å². The number of benzene rings is 1. The number of rotatable bonds is 5. The quantitative estimate of drug-likeness (QED) is 0.903. The second-order valence-corrected chi connectivity index (χ2v) is 6.10. The summed E-state index contributed by atoms with van der Waals surface area (Å²) in [6.07, 6.45) is 6.55. The Bertz CT molecular complexity index is 431. The van der Waals surface area contributed by atoms with E-state index in [0.717, 1.165) is 12.3 Å². The summed E-state index contributed by atoms with van der Waals surface area (Å²) in [6, 6.07) is 7.61. The van der Waals surface area contributed by atoms with Crippen molar-refractivity contribution in [3.05, 3.63) is 30.1 Å². The first-order chi connectivity index (χ1) is 10.3. The summed E-state index contributed by atoms with van der Waals surface area (Å²) in [6.45, 7) is 3.98. The van der Waals surface area contributed by atoms with Gasteiger partial charge in [0.25, 0.3) is 0 Å². The average Bonchev–Trinajstić information content (AvgIpc) is 3.04. The van der Waals surface area contributed by atoms with Gasteiger partial charge in [-0.05, 0) is 63.0 Å². The molecule has 0 radical (unpaired) electrons. The molecule has 21 heavy (non-hydrogen) atoms. The Kier molecular flexibility index (Phi) is 5.09. The van der Waals surface area contributed by atoms with Crippen LogP contribution >= 0.6 is 0 Å². The molecule has 1 aromatic rings. The third kappa shape index (κ3) is 3.95. The number of piperidine rings is 1. The lowest BCUT2D eigenvalue weighted by atomic mass is 9.94. The SMILES string of the molecule is Fc1ccc(OCCN2CCCCC2C2CCCN2)cc1. The smallest absolute Gasteiger partial charge is 0.123 e. The molecule has 2 aliphatic rings. The third-order valence-electron chi connectivity index (χ3n) is 4.69. The van der Waals surface area contributed by atoms with Crippen LogP contribution in [0.4, 0.5) is 4.39 Å². The van der Waals surface area contributed by atoms with Gasteiger partial charge in [0, 0.05) is 18.6 Å². The van der Waals surface area contributed by atoms with Gasteiger partial charge in [-0.1, -0.05) is 6.42 Å². The predicted octanol–water partition coefficient (Wildman–Crippen LogP) is 2.81. The van der Waals surface area contributed by atoms with Crippen LogP contribution in [0.25, 0.3) is 0 Å². The average molecular weight is 292 g/mol. The van der Waals surface area contributed by atoms with Gasteiger partial charge in [-0.15, -0.1) is 0 Å². The van der Waals surface area contributed by atoms with E-state index in [1.165, 1.54) is 57.3 Å². The lowest BCUT2D eigenvalue weighted by molar-refractivity contribution is 0.101. The molecule has 2 unspecified atom stereocenters. The molecule has 0 aliphatic carbocycles. The van der Waals surface area contributed by atoms with Gasteiger partial charge in [-0.25, -0.2) is 4.39 Å². The molecule has 0 saturated carbocycles. The predicted molar refractivity (Wildman–Crippen MR) is 82.1 cm³/mol. The number of nitrogens with zero attached hydrogens (tertiary/aromatic N) is 1. The molecule has 0 amide bonds. The molecule has 3 rings (SSSR count). The van der Waals surface area contributed by atoms with E-state index in [0.29, 0.717) is 18.7 Å². The van der Waals surface area contributed by atoms with E-state index in [-0.39, 0.29) is 5.82 Å². The number of hydrogen-bond donors (Lipinski definition) is 1. The summed E-state index contributed by atoms with van der Waals surface area (Å²) in [5.74, 6) is 0.537. The van der Waals surface area contributed by atoms with Crippen LogP contribution in [0, 0.1) is 5.82 Å². The van der Waals surface area contributed by atoms with Crippen molar-refractivity contribution in [2.24, 2.45) is 0 Å². The molecule has 0 spiro atoms. The second-order valence-electron chi connectivity index (χ2n) is 6.10.